The second-order valence-corrected chi connectivity index (χ2v) is 3.91. The first-order chi connectivity index (χ1) is 8.08. The monoisotopic (exact) mass is 253 g/mol. The number of halogens is 1. The van der Waals surface area contributed by atoms with Gasteiger partial charge in [-0.05, 0) is 18.2 Å². The molecule has 1 fully saturated rings. The van der Waals surface area contributed by atoms with Gasteiger partial charge in [0, 0.05) is 17.9 Å². The van der Waals surface area contributed by atoms with Gasteiger partial charge in [0.15, 0.2) is 0 Å². The second kappa shape index (κ2) is 4.55. The van der Waals surface area contributed by atoms with E-state index in [0.717, 1.165) is 0 Å². The van der Waals surface area contributed by atoms with E-state index < -0.39 is 17.8 Å². The number of rotatable bonds is 2. The minimum Gasteiger partial charge on any atom is -0.325 e. The van der Waals surface area contributed by atoms with Crippen molar-refractivity contribution in [2.24, 2.45) is 0 Å². The van der Waals surface area contributed by atoms with Crippen LogP contribution in [0.4, 0.5) is 0 Å². The Labute approximate surface area is 102 Å². The van der Waals surface area contributed by atoms with E-state index in [1.165, 1.54) is 12.1 Å². The average Bonchev–Trinajstić information content (AvgIpc) is 2.61. The van der Waals surface area contributed by atoms with Crippen LogP contribution in [0.15, 0.2) is 24.3 Å². The van der Waals surface area contributed by atoms with Gasteiger partial charge in [0.25, 0.3) is 11.8 Å². The van der Waals surface area contributed by atoms with Crippen LogP contribution in [-0.4, -0.2) is 22.8 Å². The van der Waals surface area contributed by atoms with Gasteiger partial charge < -0.3 is 4.84 Å². The summed E-state index contributed by atoms with van der Waals surface area (Å²) in [5, 5.41) is 0.877. The van der Waals surface area contributed by atoms with E-state index in [1.54, 1.807) is 12.1 Å². The fourth-order valence-electron chi connectivity index (χ4n) is 1.41. The van der Waals surface area contributed by atoms with Crippen LogP contribution in [0.3, 0.4) is 0 Å². The van der Waals surface area contributed by atoms with Gasteiger partial charge in [-0.15, -0.1) is 5.06 Å². The molecule has 0 unspecified atom stereocenters. The Morgan fingerprint density at radius 1 is 1.24 bits per heavy atom. The highest BCUT2D eigenvalue weighted by atomic mass is 35.5. The van der Waals surface area contributed by atoms with Crippen LogP contribution < -0.4 is 0 Å². The summed E-state index contributed by atoms with van der Waals surface area (Å²) in [7, 11) is 0. The van der Waals surface area contributed by atoms with Gasteiger partial charge in [0.2, 0.25) is 0 Å². The summed E-state index contributed by atoms with van der Waals surface area (Å²) in [6.45, 7) is 0. The van der Waals surface area contributed by atoms with Crippen molar-refractivity contribution < 1.29 is 19.2 Å². The summed E-state index contributed by atoms with van der Waals surface area (Å²) >= 11 is 5.71. The number of nitrogens with zero attached hydrogens (tertiary/aromatic N) is 1. The fourth-order valence-corrected chi connectivity index (χ4v) is 1.60. The largest absolute Gasteiger partial charge is 0.363 e. The quantitative estimate of drug-likeness (QED) is 0.751. The fraction of sp³-hybridized carbons (Fsp3) is 0.182. The highest BCUT2D eigenvalue weighted by Gasteiger charge is 2.33. The summed E-state index contributed by atoms with van der Waals surface area (Å²) < 4.78 is 0. The number of imide groups is 1. The Morgan fingerprint density at radius 3 is 2.47 bits per heavy atom. The average molecular weight is 254 g/mol. The van der Waals surface area contributed by atoms with Gasteiger partial charge in [-0.3, -0.25) is 9.59 Å². The summed E-state index contributed by atoms with van der Waals surface area (Å²) in [5.41, 5.74) is 0.185. The summed E-state index contributed by atoms with van der Waals surface area (Å²) in [6, 6.07) is 6.06. The first kappa shape index (κ1) is 11.6. The van der Waals surface area contributed by atoms with E-state index >= 15 is 0 Å². The molecule has 0 saturated carbocycles. The molecular formula is C11H8ClNO4. The lowest BCUT2D eigenvalue weighted by molar-refractivity contribution is -0.172. The maximum atomic E-state index is 11.6. The molecule has 1 saturated heterocycles. The molecule has 1 aromatic rings. The van der Waals surface area contributed by atoms with E-state index in [4.69, 9.17) is 16.4 Å². The van der Waals surface area contributed by atoms with E-state index in [1.807, 2.05) is 0 Å². The Balaban J connectivity index is 2.12. The van der Waals surface area contributed by atoms with Crippen molar-refractivity contribution in [3.8, 4) is 0 Å². The van der Waals surface area contributed by atoms with Crippen molar-refractivity contribution in [2.75, 3.05) is 0 Å². The number of benzene rings is 1. The van der Waals surface area contributed by atoms with Crippen molar-refractivity contribution >= 4 is 29.4 Å². The topological polar surface area (TPSA) is 63.7 Å². The first-order valence-corrected chi connectivity index (χ1v) is 5.29. The third-order valence-corrected chi connectivity index (χ3v) is 2.48. The number of hydrogen-bond acceptors (Lipinski definition) is 4. The number of hydroxylamine groups is 2. The molecular weight excluding hydrogens is 246 g/mol. The summed E-state index contributed by atoms with van der Waals surface area (Å²) in [5.74, 6) is -1.80. The predicted molar refractivity (Wildman–Crippen MR) is 58.0 cm³/mol. The number of carbonyl (C=O) groups excluding carboxylic acids is 3. The molecule has 0 N–H and O–H groups in total. The molecule has 0 aromatic heterocycles. The van der Waals surface area contributed by atoms with Gasteiger partial charge in [-0.2, -0.15) is 0 Å². The molecule has 1 aliphatic rings. The second-order valence-electron chi connectivity index (χ2n) is 3.47. The van der Waals surface area contributed by atoms with Crippen molar-refractivity contribution in [2.45, 2.75) is 12.8 Å². The zero-order valence-corrected chi connectivity index (χ0v) is 9.44. The minimum atomic E-state index is -0.781. The van der Waals surface area contributed by atoms with Gasteiger partial charge in [-0.25, -0.2) is 4.79 Å². The zero-order valence-electron chi connectivity index (χ0n) is 8.68. The van der Waals surface area contributed by atoms with Gasteiger partial charge >= 0.3 is 5.97 Å². The van der Waals surface area contributed by atoms with Crippen molar-refractivity contribution in [1.29, 1.82) is 0 Å². The van der Waals surface area contributed by atoms with Crippen LogP contribution in [0.25, 0.3) is 0 Å². The highest BCUT2D eigenvalue weighted by Crippen LogP contribution is 2.16. The summed E-state index contributed by atoms with van der Waals surface area (Å²) in [4.78, 5) is 38.8. The zero-order chi connectivity index (χ0) is 12.4. The third kappa shape index (κ3) is 2.45. The molecule has 0 spiro atoms. The Bertz CT molecular complexity index is 484. The van der Waals surface area contributed by atoms with Crippen LogP contribution in [0.5, 0.6) is 0 Å². The maximum absolute atomic E-state index is 11.6. The smallest absolute Gasteiger partial charge is 0.325 e. The lowest BCUT2D eigenvalue weighted by Gasteiger charge is -2.12. The molecule has 0 atom stereocenters. The van der Waals surface area contributed by atoms with Gasteiger partial charge in [-0.1, -0.05) is 17.7 Å². The van der Waals surface area contributed by atoms with E-state index in [2.05, 4.69) is 0 Å². The molecule has 0 bridgehead atoms. The minimum absolute atomic E-state index is 0.0711. The van der Waals surface area contributed by atoms with E-state index in [-0.39, 0.29) is 18.4 Å². The Hall–Kier alpha value is -1.88. The maximum Gasteiger partial charge on any atom is 0.363 e. The van der Waals surface area contributed by atoms with Crippen molar-refractivity contribution in [1.82, 2.24) is 5.06 Å². The molecule has 1 aromatic carbocycles. The number of hydrogen-bond donors (Lipinski definition) is 0. The van der Waals surface area contributed by atoms with Crippen molar-refractivity contribution in [3.63, 3.8) is 0 Å². The standard InChI is InChI=1S/C11H8ClNO4/c12-8-3-1-2-7(6-8)11(16)17-13-9(14)4-5-10(13)15/h1-3,6H,4-5H2. The van der Waals surface area contributed by atoms with Crippen LogP contribution in [0.2, 0.25) is 5.02 Å². The molecule has 1 aliphatic heterocycles. The summed E-state index contributed by atoms with van der Waals surface area (Å²) in [6.07, 6.45) is 0.142. The SMILES string of the molecule is O=C(ON1C(=O)CCC1=O)c1cccc(Cl)c1. The lowest BCUT2D eigenvalue weighted by atomic mass is 10.2. The van der Waals surface area contributed by atoms with E-state index in [9.17, 15) is 14.4 Å². The number of amides is 2. The number of carbonyl (C=O) groups is 3. The lowest BCUT2D eigenvalue weighted by Crippen LogP contribution is -2.32. The third-order valence-electron chi connectivity index (χ3n) is 2.24. The molecule has 0 aliphatic carbocycles. The van der Waals surface area contributed by atoms with Crippen LogP contribution >= 0.6 is 11.6 Å². The Morgan fingerprint density at radius 2 is 1.88 bits per heavy atom. The molecule has 0 radical (unpaired) electrons. The molecule has 88 valence electrons. The molecule has 5 nitrogen and oxygen atoms in total. The normalized spacial score (nSPS) is 15.2. The molecule has 17 heavy (non-hydrogen) atoms. The molecule has 2 amide bonds. The highest BCUT2D eigenvalue weighted by molar-refractivity contribution is 6.30. The molecule has 2 rings (SSSR count). The van der Waals surface area contributed by atoms with Crippen LogP contribution in [-0.2, 0) is 14.4 Å². The van der Waals surface area contributed by atoms with Gasteiger partial charge in [0.05, 0.1) is 5.56 Å². The van der Waals surface area contributed by atoms with E-state index in [0.29, 0.717) is 10.1 Å². The molecule has 6 heteroatoms. The first-order valence-electron chi connectivity index (χ1n) is 4.91. The molecule has 1 heterocycles. The predicted octanol–water partition coefficient (Wildman–Crippen LogP) is 1.56. The Kier molecular flexibility index (Phi) is 3.10. The van der Waals surface area contributed by atoms with Crippen LogP contribution in [0, 0.1) is 0 Å². The van der Waals surface area contributed by atoms with Gasteiger partial charge in [0.1, 0.15) is 0 Å². The van der Waals surface area contributed by atoms with Crippen LogP contribution in [0.1, 0.15) is 23.2 Å². The van der Waals surface area contributed by atoms with Crippen molar-refractivity contribution in [3.05, 3.63) is 34.9 Å².